The van der Waals surface area contributed by atoms with Gasteiger partial charge >= 0.3 is 0 Å². The topological polar surface area (TPSA) is 50.7 Å². The molecule has 0 fully saturated rings. The van der Waals surface area contributed by atoms with Crippen LogP contribution in [0.15, 0.2) is 24.3 Å². The Balaban J connectivity index is 2.00. The van der Waals surface area contributed by atoms with E-state index >= 15 is 0 Å². The molecule has 1 rings (SSSR count). The lowest BCUT2D eigenvalue weighted by atomic mass is 10.2. The molecule has 0 heterocycles. The van der Waals surface area contributed by atoms with Gasteiger partial charge in [0.2, 0.25) is 0 Å². The predicted octanol–water partition coefficient (Wildman–Crippen LogP) is 1.83. The predicted molar refractivity (Wildman–Crippen MR) is 72.3 cm³/mol. The van der Waals surface area contributed by atoms with Crippen molar-refractivity contribution in [2.75, 3.05) is 33.4 Å². The Morgan fingerprint density at radius 2 is 1.72 bits per heavy atom. The standard InChI is InChI=1S/C14H23NO3/c1-17-13-5-7-14(8-6-13)18-12-4-2-3-9-15-10-11-16/h5-8,15-16H,2-4,9-12H2,1H3. The Hall–Kier alpha value is -1.26. The maximum atomic E-state index is 8.58. The maximum absolute atomic E-state index is 8.58. The van der Waals surface area contributed by atoms with Crippen LogP contribution in [0.4, 0.5) is 0 Å². The quantitative estimate of drug-likeness (QED) is 0.625. The lowest BCUT2D eigenvalue weighted by molar-refractivity contribution is 0.289. The summed E-state index contributed by atoms with van der Waals surface area (Å²) in [6, 6.07) is 7.63. The number of aliphatic hydroxyl groups is 1. The van der Waals surface area contributed by atoms with E-state index in [1.807, 2.05) is 24.3 Å². The van der Waals surface area contributed by atoms with Crippen molar-refractivity contribution in [1.29, 1.82) is 0 Å². The van der Waals surface area contributed by atoms with E-state index in [1.165, 1.54) is 0 Å². The van der Waals surface area contributed by atoms with Gasteiger partial charge in [-0.3, -0.25) is 0 Å². The summed E-state index contributed by atoms with van der Waals surface area (Å²) in [7, 11) is 1.65. The van der Waals surface area contributed by atoms with Gasteiger partial charge in [0.25, 0.3) is 0 Å². The molecule has 0 amide bonds. The third-order valence-electron chi connectivity index (χ3n) is 2.61. The van der Waals surface area contributed by atoms with Crippen molar-refractivity contribution >= 4 is 0 Å². The van der Waals surface area contributed by atoms with Crippen LogP contribution in [-0.4, -0.2) is 38.5 Å². The molecule has 0 aromatic heterocycles. The first-order valence-corrected chi connectivity index (χ1v) is 6.45. The van der Waals surface area contributed by atoms with Gasteiger partial charge in [0.1, 0.15) is 11.5 Å². The van der Waals surface area contributed by atoms with Crippen LogP contribution in [0.25, 0.3) is 0 Å². The first-order valence-electron chi connectivity index (χ1n) is 6.45. The second-order valence-electron chi connectivity index (χ2n) is 4.06. The van der Waals surface area contributed by atoms with Crippen molar-refractivity contribution in [3.8, 4) is 11.5 Å². The molecule has 0 aliphatic rings. The van der Waals surface area contributed by atoms with Gasteiger partial charge in [-0.25, -0.2) is 0 Å². The summed E-state index contributed by atoms with van der Waals surface area (Å²) in [6.45, 7) is 2.60. The van der Waals surface area contributed by atoms with E-state index in [0.717, 1.165) is 43.9 Å². The van der Waals surface area contributed by atoms with Crippen LogP contribution >= 0.6 is 0 Å². The highest BCUT2D eigenvalue weighted by Crippen LogP contribution is 2.17. The lowest BCUT2D eigenvalue weighted by Gasteiger charge is -2.07. The molecule has 0 radical (unpaired) electrons. The minimum absolute atomic E-state index is 0.209. The van der Waals surface area contributed by atoms with Gasteiger partial charge in [0, 0.05) is 6.54 Å². The van der Waals surface area contributed by atoms with Gasteiger partial charge in [-0.2, -0.15) is 0 Å². The Labute approximate surface area is 109 Å². The number of methoxy groups -OCH3 is 1. The molecule has 0 aliphatic carbocycles. The monoisotopic (exact) mass is 253 g/mol. The molecule has 0 atom stereocenters. The highest BCUT2D eigenvalue weighted by molar-refractivity contribution is 5.31. The number of benzene rings is 1. The van der Waals surface area contributed by atoms with Crippen molar-refractivity contribution in [2.45, 2.75) is 19.3 Å². The summed E-state index contributed by atoms with van der Waals surface area (Å²) in [6.07, 6.45) is 3.30. The van der Waals surface area contributed by atoms with Gasteiger partial charge in [-0.15, -0.1) is 0 Å². The summed E-state index contributed by atoms with van der Waals surface area (Å²) in [5, 5.41) is 11.7. The fourth-order valence-corrected chi connectivity index (χ4v) is 1.59. The van der Waals surface area contributed by atoms with E-state index in [4.69, 9.17) is 14.6 Å². The smallest absolute Gasteiger partial charge is 0.119 e. The zero-order valence-electron chi connectivity index (χ0n) is 11.0. The Bertz CT molecular complexity index is 300. The van der Waals surface area contributed by atoms with E-state index in [2.05, 4.69) is 5.32 Å². The molecule has 1 aromatic carbocycles. The number of nitrogens with one attached hydrogen (secondary N) is 1. The van der Waals surface area contributed by atoms with Gasteiger partial charge in [0.05, 0.1) is 20.3 Å². The van der Waals surface area contributed by atoms with Crippen LogP contribution < -0.4 is 14.8 Å². The third-order valence-corrected chi connectivity index (χ3v) is 2.61. The second kappa shape index (κ2) is 9.74. The molecule has 0 spiro atoms. The minimum atomic E-state index is 0.209. The van der Waals surface area contributed by atoms with Gasteiger partial charge in [0.15, 0.2) is 0 Å². The number of rotatable bonds is 10. The van der Waals surface area contributed by atoms with Crippen molar-refractivity contribution in [3.63, 3.8) is 0 Å². The molecule has 1 aromatic rings. The molecule has 0 saturated carbocycles. The summed E-state index contributed by atoms with van der Waals surface area (Å²) in [5.41, 5.74) is 0. The van der Waals surface area contributed by atoms with Crippen molar-refractivity contribution in [2.24, 2.45) is 0 Å². The second-order valence-corrected chi connectivity index (χ2v) is 4.06. The zero-order valence-corrected chi connectivity index (χ0v) is 11.0. The summed E-state index contributed by atoms with van der Waals surface area (Å²) >= 11 is 0. The largest absolute Gasteiger partial charge is 0.497 e. The molecule has 102 valence electrons. The van der Waals surface area contributed by atoms with Crippen LogP contribution in [0, 0.1) is 0 Å². The molecular formula is C14H23NO3. The molecule has 4 heteroatoms. The SMILES string of the molecule is COc1ccc(OCCCCCNCCO)cc1. The molecule has 0 aliphatic heterocycles. The summed E-state index contributed by atoms with van der Waals surface area (Å²) in [4.78, 5) is 0. The minimum Gasteiger partial charge on any atom is -0.497 e. The Morgan fingerprint density at radius 1 is 1.00 bits per heavy atom. The number of ether oxygens (including phenoxy) is 2. The maximum Gasteiger partial charge on any atom is 0.119 e. The van der Waals surface area contributed by atoms with Crippen LogP contribution in [0.5, 0.6) is 11.5 Å². The third kappa shape index (κ3) is 6.47. The van der Waals surface area contributed by atoms with E-state index < -0.39 is 0 Å². The summed E-state index contributed by atoms with van der Waals surface area (Å²) < 4.78 is 10.7. The first kappa shape index (κ1) is 14.8. The van der Waals surface area contributed by atoms with Crippen molar-refractivity contribution < 1.29 is 14.6 Å². The molecule has 0 bridgehead atoms. The van der Waals surface area contributed by atoms with E-state index in [0.29, 0.717) is 6.54 Å². The highest BCUT2D eigenvalue weighted by atomic mass is 16.5. The molecule has 4 nitrogen and oxygen atoms in total. The van der Waals surface area contributed by atoms with Crippen molar-refractivity contribution in [1.82, 2.24) is 5.32 Å². The van der Waals surface area contributed by atoms with Gasteiger partial charge in [-0.1, -0.05) is 0 Å². The molecule has 2 N–H and O–H groups in total. The van der Waals surface area contributed by atoms with Crippen molar-refractivity contribution in [3.05, 3.63) is 24.3 Å². The Kier molecular flexibility index (Phi) is 8.01. The molecule has 0 saturated heterocycles. The number of hydrogen-bond donors (Lipinski definition) is 2. The average Bonchev–Trinajstić information content (AvgIpc) is 2.42. The fraction of sp³-hybridized carbons (Fsp3) is 0.571. The van der Waals surface area contributed by atoms with Crippen LogP contribution in [0.1, 0.15) is 19.3 Å². The first-order chi connectivity index (χ1) is 8.86. The fourth-order valence-electron chi connectivity index (χ4n) is 1.59. The average molecular weight is 253 g/mol. The summed E-state index contributed by atoms with van der Waals surface area (Å²) in [5.74, 6) is 1.73. The zero-order chi connectivity index (χ0) is 13.1. The number of unbranched alkanes of at least 4 members (excludes halogenated alkanes) is 2. The van der Waals surface area contributed by atoms with E-state index in [-0.39, 0.29) is 6.61 Å². The highest BCUT2D eigenvalue weighted by Gasteiger charge is 1.95. The van der Waals surface area contributed by atoms with Crippen LogP contribution in [0.3, 0.4) is 0 Å². The molecule has 0 unspecified atom stereocenters. The van der Waals surface area contributed by atoms with E-state index in [1.54, 1.807) is 7.11 Å². The van der Waals surface area contributed by atoms with Crippen LogP contribution in [-0.2, 0) is 0 Å². The van der Waals surface area contributed by atoms with E-state index in [9.17, 15) is 0 Å². The van der Waals surface area contributed by atoms with Crippen LogP contribution in [0.2, 0.25) is 0 Å². The lowest BCUT2D eigenvalue weighted by Crippen LogP contribution is -2.19. The molecule has 18 heavy (non-hydrogen) atoms. The number of hydrogen-bond acceptors (Lipinski definition) is 4. The number of aliphatic hydroxyl groups excluding tert-OH is 1. The van der Waals surface area contributed by atoms with Gasteiger partial charge < -0.3 is 19.9 Å². The normalized spacial score (nSPS) is 10.3. The Morgan fingerprint density at radius 3 is 2.39 bits per heavy atom. The van der Waals surface area contributed by atoms with Gasteiger partial charge in [-0.05, 0) is 50.1 Å². The molecular weight excluding hydrogens is 230 g/mol.